The van der Waals surface area contributed by atoms with Crippen LogP contribution in [0.3, 0.4) is 0 Å². The largest absolute Gasteiger partial charge is 0.355 e. The number of carbonyl (C=O) groups excluding carboxylic acids is 1. The first kappa shape index (κ1) is 19.1. The minimum atomic E-state index is 0.0646. The van der Waals surface area contributed by atoms with Gasteiger partial charge < -0.3 is 15.2 Å². The Morgan fingerprint density at radius 3 is 2.82 bits per heavy atom. The SMILES string of the molecule is C=Cc1[nH]c2cccc3c2c1C[C@@H]1C3C[C@H](NC(=O)N(CC)CC)CN1CC. The Morgan fingerprint density at radius 1 is 1.36 bits per heavy atom. The molecule has 0 radical (unpaired) electrons. The van der Waals surface area contributed by atoms with Crippen LogP contribution in [0.15, 0.2) is 24.8 Å². The Labute approximate surface area is 167 Å². The smallest absolute Gasteiger partial charge is 0.317 e. The zero-order valence-electron chi connectivity index (χ0n) is 17.3. The fourth-order valence-corrected chi connectivity index (χ4v) is 5.33. The molecule has 1 fully saturated rings. The first-order valence-electron chi connectivity index (χ1n) is 10.7. The number of H-pyrrole nitrogens is 1. The van der Waals surface area contributed by atoms with E-state index >= 15 is 0 Å². The van der Waals surface area contributed by atoms with E-state index in [0.29, 0.717) is 12.0 Å². The average molecular weight is 381 g/mol. The topological polar surface area (TPSA) is 51.4 Å². The molecule has 1 saturated heterocycles. The van der Waals surface area contributed by atoms with Gasteiger partial charge in [0.05, 0.1) is 0 Å². The van der Waals surface area contributed by atoms with Gasteiger partial charge in [0, 0.05) is 54.2 Å². The van der Waals surface area contributed by atoms with Crippen molar-refractivity contribution in [3.63, 3.8) is 0 Å². The van der Waals surface area contributed by atoms with E-state index in [0.717, 1.165) is 44.7 Å². The summed E-state index contributed by atoms with van der Waals surface area (Å²) in [6.07, 6.45) is 4.00. The molecule has 0 bridgehead atoms. The van der Waals surface area contributed by atoms with Crippen molar-refractivity contribution in [3.05, 3.63) is 41.6 Å². The lowest BCUT2D eigenvalue weighted by atomic mass is 9.73. The normalized spacial score (nSPS) is 24.0. The molecule has 3 atom stereocenters. The molecule has 4 rings (SSSR count). The number of rotatable bonds is 5. The number of nitrogens with zero attached hydrogens (tertiary/aromatic N) is 2. The van der Waals surface area contributed by atoms with Crippen LogP contribution in [0.4, 0.5) is 4.79 Å². The van der Waals surface area contributed by atoms with Gasteiger partial charge in [0.1, 0.15) is 0 Å². The van der Waals surface area contributed by atoms with Crippen LogP contribution in [-0.4, -0.2) is 59.1 Å². The Morgan fingerprint density at radius 2 is 2.14 bits per heavy atom. The molecule has 150 valence electrons. The number of aromatic amines is 1. The third-order valence-corrected chi connectivity index (χ3v) is 6.72. The lowest BCUT2D eigenvalue weighted by molar-refractivity contribution is 0.103. The Kier molecular flexibility index (Phi) is 5.19. The van der Waals surface area contributed by atoms with Crippen LogP contribution in [-0.2, 0) is 6.42 Å². The second-order valence-electron chi connectivity index (χ2n) is 8.01. The summed E-state index contributed by atoms with van der Waals surface area (Å²) < 4.78 is 0. The molecular weight excluding hydrogens is 348 g/mol. The van der Waals surface area contributed by atoms with Crippen LogP contribution in [0.1, 0.15) is 49.9 Å². The van der Waals surface area contributed by atoms with E-state index in [1.54, 1.807) is 0 Å². The molecule has 2 amide bonds. The number of fused-ring (bicyclic) bond motifs is 2. The van der Waals surface area contributed by atoms with Gasteiger partial charge in [0.25, 0.3) is 0 Å². The number of amides is 2. The van der Waals surface area contributed by atoms with Crippen molar-refractivity contribution in [2.24, 2.45) is 0 Å². The van der Waals surface area contributed by atoms with Crippen molar-refractivity contribution in [2.45, 2.75) is 51.6 Å². The Balaban J connectivity index is 1.67. The number of hydrogen-bond acceptors (Lipinski definition) is 2. The number of likely N-dealkylation sites (N-methyl/N-ethyl adjacent to an activating group) is 1. The average Bonchev–Trinajstić information content (AvgIpc) is 3.08. The third-order valence-electron chi connectivity index (χ3n) is 6.72. The quantitative estimate of drug-likeness (QED) is 0.825. The van der Waals surface area contributed by atoms with E-state index in [1.807, 2.05) is 24.8 Å². The lowest BCUT2D eigenvalue weighted by Crippen LogP contribution is -2.57. The second kappa shape index (κ2) is 7.63. The number of urea groups is 1. The number of nitrogens with one attached hydrogen (secondary N) is 2. The Bertz CT molecular complexity index is 882. The van der Waals surface area contributed by atoms with Crippen LogP contribution >= 0.6 is 0 Å². The molecule has 0 saturated carbocycles. The molecule has 2 aromatic rings. The predicted octanol–water partition coefficient (Wildman–Crippen LogP) is 3.96. The van der Waals surface area contributed by atoms with Crippen molar-refractivity contribution in [1.82, 2.24) is 20.1 Å². The number of hydrogen-bond donors (Lipinski definition) is 2. The first-order valence-corrected chi connectivity index (χ1v) is 10.7. The van der Waals surface area contributed by atoms with Crippen molar-refractivity contribution in [3.8, 4) is 0 Å². The summed E-state index contributed by atoms with van der Waals surface area (Å²) in [5.41, 5.74) is 5.20. The zero-order chi connectivity index (χ0) is 19.8. The van der Waals surface area contributed by atoms with Gasteiger partial charge in [-0.1, -0.05) is 25.6 Å². The van der Waals surface area contributed by atoms with Crippen LogP contribution in [0.2, 0.25) is 0 Å². The summed E-state index contributed by atoms with van der Waals surface area (Å²) in [7, 11) is 0. The van der Waals surface area contributed by atoms with Gasteiger partial charge in [-0.15, -0.1) is 0 Å². The molecule has 1 aromatic carbocycles. The van der Waals surface area contributed by atoms with Crippen molar-refractivity contribution in [1.29, 1.82) is 0 Å². The van der Waals surface area contributed by atoms with Gasteiger partial charge in [-0.2, -0.15) is 0 Å². The van der Waals surface area contributed by atoms with E-state index in [-0.39, 0.29) is 12.1 Å². The van der Waals surface area contributed by atoms with Crippen LogP contribution in [0, 0.1) is 0 Å². The van der Waals surface area contributed by atoms with E-state index < -0.39 is 0 Å². The third kappa shape index (κ3) is 3.02. The van der Waals surface area contributed by atoms with Crippen LogP contribution in [0.25, 0.3) is 17.0 Å². The molecule has 5 heteroatoms. The molecule has 2 heterocycles. The highest BCUT2D eigenvalue weighted by molar-refractivity contribution is 5.91. The van der Waals surface area contributed by atoms with Gasteiger partial charge in [0.2, 0.25) is 0 Å². The highest BCUT2D eigenvalue weighted by atomic mass is 16.2. The van der Waals surface area contributed by atoms with Gasteiger partial charge in [-0.25, -0.2) is 4.79 Å². The van der Waals surface area contributed by atoms with Crippen LogP contribution in [0.5, 0.6) is 0 Å². The summed E-state index contributed by atoms with van der Waals surface area (Å²) in [5, 5.41) is 4.69. The molecule has 28 heavy (non-hydrogen) atoms. The Hall–Kier alpha value is -2.27. The highest BCUT2D eigenvalue weighted by Gasteiger charge is 2.41. The van der Waals surface area contributed by atoms with E-state index in [1.165, 1.54) is 22.0 Å². The van der Waals surface area contributed by atoms with Crippen molar-refractivity contribution < 1.29 is 4.79 Å². The standard InChI is InChI=1S/C23H32N4O/c1-5-19-18-13-21-17(16-10-9-11-20(25-19)22(16)18)12-15(14-27(21)8-4)24-23(28)26(6-2)7-3/h5,9-11,15,17,21,25H,1,6-8,12-14H2,2-4H3,(H,24,28)/t15-,17?,21+/m0/s1. The summed E-state index contributed by atoms with van der Waals surface area (Å²) in [6, 6.07) is 7.33. The summed E-state index contributed by atoms with van der Waals surface area (Å²) >= 11 is 0. The molecule has 2 N–H and O–H groups in total. The van der Waals surface area contributed by atoms with Gasteiger partial charge in [-0.3, -0.25) is 4.90 Å². The van der Waals surface area contributed by atoms with E-state index in [2.05, 4.69) is 46.9 Å². The predicted molar refractivity (Wildman–Crippen MR) is 116 cm³/mol. The molecule has 1 aliphatic heterocycles. The minimum absolute atomic E-state index is 0.0646. The summed E-state index contributed by atoms with van der Waals surface area (Å²) in [5.74, 6) is 0.445. The maximum atomic E-state index is 12.6. The number of likely N-dealkylation sites (tertiary alicyclic amines) is 1. The second-order valence-corrected chi connectivity index (χ2v) is 8.01. The fraction of sp³-hybridized carbons (Fsp3) is 0.522. The first-order chi connectivity index (χ1) is 13.6. The maximum Gasteiger partial charge on any atom is 0.317 e. The summed E-state index contributed by atoms with van der Waals surface area (Å²) in [4.78, 5) is 20.6. The molecular formula is C23H32N4O. The van der Waals surface area contributed by atoms with Gasteiger partial charge >= 0.3 is 6.03 Å². The van der Waals surface area contributed by atoms with Gasteiger partial charge in [0.15, 0.2) is 0 Å². The van der Waals surface area contributed by atoms with Crippen molar-refractivity contribution >= 4 is 23.0 Å². The van der Waals surface area contributed by atoms with Gasteiger partial charge in [-0.05, 0) is 56.5 Å². The van der Waals surface area contributed by atoms with E-state index in [9.17, 15) is 4.79 Å². The van der Waals surface area contributed by atoms with E-state index in [4.69, 9.17) is 0 Å². The zero-order valence-corrected chi connectivity index (χ0v) is 17.3. The monoisotopic (exact) mass is 380 g/mol. The number of aromatic nitrogens is 1. The molecule has 2 aliphatic rings. The fourth-order valence-electron chi connectivity index (χ4n) is 5.33. The van der Waals surface area contributed by atoms with Crippen LogP contribution < -0.4 is 5.32 Å². The maximum absolute atomic E-state index is 12.6. The molecule has 1 unspecified atom stereocenters. The van der Waals surface area contributed by atoms with Crippen molar-refractivity contribution in [2.75, 3.05) is 26.2 Å². The highest BCUT2D eigenvalue weighted by Crippen LogP contribution is 2.44. The number of benzene rings is 1. The lowest BCUT2D eigenvalue weighted by Gasteiger charge is -2.47. The molecule has 1 aliphatic carbocycles. The summed E-state index contributed by atoms with van der Waals surface area (Å²) in [6.45, 7) is 13.7. The molecule has 0 spiro atoms. The molecule has 5 nitrogen and oxygen atoms in total. The molecule has 1 aromatic heterocycles. The minimum Gasteiger partial charge on any atom is -0.355 e. The number of piperidine rings is 1. The number of carbonyl (C=O) groups is 1.